The predicted molar refractivity (Wildman–Crippen MR) is 125 cm³/mol. The molecular formula is C26H24FN3O2. The largest absolute Gasteiger partial charge is 0.319 e. The van der Waals surface area contributed by atoms with Gasteiger partial charge in [-0.3, -0.25) is 14.2 Å². The number of hydrogen-bond donors (Lipinski definition) is 1. The second kappa shape index (κ2) is 8.04. The molecule has 32 heavy (non-hydrogen) atoms. The van der Waals surface area contributed by atoms with Gasteiger partial charge in [0, 0.05) is 5.56 Å². The molecule has 1 heterocycles. The molecule has 4 rings (SSSR count). The lowest BCUT2D eigenvalue weighted by Gasteiger charge is -2.19. The molecule has 0 spiro atoms. The zero-order chi connectivity index (χ0) is 23.0. The monoisotopic (exact) mass is 429 g/mol. The fraction of sp³-hybridized carbons (Fsp3) is 0.192. The first-order valence-corrected chi connectivity index (χ1v) is 10.4. The Balaban J connectivity index is 1.69. The van der Waals surface area contributed by atoms with Crippen molar-refractivity contribution in [2.24, 2.45) is 0 Å². The Morgan fingerprint density at radius 1 is 1.00 bits per heavy atom. The lowest BCUT2D eigenvalue weighted by molar-refractivity contribution is 0.102. The summed E-state index contributed by atoms with van der Waals surface area (Å²) < 4.78 is 15.9. The molecule has 0 unspecified atom stereocenters. The number of nitrogens with zero attached hydrogens (tertiary/aromatic N) is 2. The van der Waals surface area contributed by atoms with Crippen LogP contribution < -0.4 is 10.9 Å². The number of aromatic nitrogens is 2. The third kappa shape index (κ3) is 4.04. The quantitative estimate of drug-likeness (QED) is 0.475. The number of aryl methyl sites for hydroxylation is 1. The highest BCUT2D eigenvalue weighted by Crippen LogP contribution is 2.24. The van der Waals surface area contributed by atoms with E-state index in [9.17, 15) is 14.0 Å². The van der Waals surface area contributed by atoms with Crippen LogP contribution in [0.5, 0.6) is 0 Å². The number of amides is 1. The van der Waals surface area contributed by atoms with Gasteiger partial charge in [0.2, 0.25) is 0 Å². The summed E-state index contributed by atoms with van der Waals surface area (Å²) in [6.07, 6.45) is 0. The maximum atomic E-state index is 14.5. The predicted octanol–water partition coefficient (Wildman–Crippen LogP) is 5.38. The number of carbonyl (C=O) groups is 1. The van der Waals surface area contributed by atoms with Gasteiger partial charge in [-0.1, -0.05) is 45.0 Å². The second-order valence-electron chi connectivity index (χ2n) is 8.76. The lowest BCUT2D eigenvalue weighted by Crippen LogP contribution is -2.22. The minimum Gasteiger partial charge on any atom is -0.319 e. The summed E-state index contributed by atoms with van der Waals surface area (Å²) in [5, 5.41) is 3.09. The zero-order valence-electron chi connectivity index (χ0n) is 18.4. The van der Waals surface area contributed by atoms with Gasteiger partial charge in [-0.25, -0.2) is 9.37 Å². The van der Waals surface area contributed by atoms with Crippen molar-refractivity contribution in [2.45, 2.75) is 33.1 Å². The standard InChI is InChI=1S/C26H24FN3O2/c1-16-28-22-8-6-5-7-20(22)25(32)30(16)19-13-14-21(27)23(15-19)29-24(31)17-9-11-18(12-10-17)26(2,3)4/h5-15H,1-4H3,(H,29,31). The number of para-hydroxylation sites is 1. The van der Waals surface area contributed by atoms with Crippen molar-refractivity contribution in [1.29, 1.82) is 0 Å². The summed E-state index contributed by atoms with van der Waals surface area (Å²) in [4.78, 5) is 30.3. The van der Waals surface area contributed by atoms with Gasteiger partial charge in [0.25, 0.3) is 11.5 Å². The first-order valence-electron chi connectivity index (χ1n) is 10.4. The van der Waals surface area contributed by atoms with Gasteiger partial charge in [0.1, 0.15) is 11.6 Å². The van der Waals surface area contributed by atoms with E-state index < -0.39 is 11.7 Å². The molecule has 162 valence electrons. The average Bonchev–Trinajstić information content (AvgIpc) is 2.75. The SMILES string of the molecule is Cc1nc2ccccc2c(=O)n1-c1ccc(F)c(NC(=O)c2ccc(C(C)(C)C)cc2)c1. The third-order valence-corrected chi connectivity index (χ3v) is 5.41. The minimum atomic E-state index is -0.590. The molecule has 0 saturated carbocycles. The van der Waals surface area contributed by atoms with Crippen molar-refractivity contribution in [3.8, 4) is 5.69 Å². The van der Waals surface area contributed by atoms with Crippen LogP contribution in [0.15, 0.2) is 71.5 Å². The first kappa shape index (κ1) is 21.4. The van der Waals surface area contributed by atoms with E-state index in [0.29, 0.717) is 28.0 Å². The van der Waals surface area contributed by atoms with Crippen LogP contribution in [0.1, 0.15) is 42.5 Å². The maximum absolute atomic E-state index is 14.5. The number of nitrogens with one attached hydrogen (secondary N) is 1. The molecule has 0 saturated heterocycles. The van der Waals surface area contributed by atoms with Crippen molar-refractivity contribution in [1.82, 2.24) is 9.55 Å². The Hall–Kier alpha value is -3.80. The van der Waals surface area contributed by atoms with Crippen molar-refractivity contribution >= 4 is 22.5 Å². The van der Waals surface area contributed by atoms with Crippen LogP contribution >= 0.6 is 0 Å². The summed E-state index contributed by atoms with van der Waals surface area (Å²) >= 11 is 0. The van der Waals surface area contributed by atoms with E-state index in [2.05, 4.69) is 31.1 Å². The summed E-state index contributed by atoms with van der Waals surface area (Å²) in [6, 6.07) is 18.5. The van der Waals surface area contributed by atoms with E-state index >= 15 is 0 Å². The van der Waals surface area contributed by atoms with E-state index in [4.69, 9.17) is 0 Å². The molecular weight excluding hydrogens is 405 g/mol. The molecule has 4 aromatic rings. The van der Waals surface area contributed by atoms with Crippen molar-refractivity contribution in [3.05, 3.63) is 99.9 Å². The molecule has 6 heteroatoms. The lowest BCUT2D eigenvalue weighted by atomic mass is 9.87. The second-order valence-corrected chi connectivity index (χ2v) is 8.76. The van der Waals surface area contributed by atoms with Crippen LogP contribution in [-0.4, -0.2) is 15.5 Å². The number of rotatable bonds is 3. The normalized spacial score (nSPS) is 11.5. The van der Waals surface area contributed by atoms with E-state index in [1.807, 2.05) is 18.2 Å². The molecule has 0 aliphatic rings. The Morgan fingerprint density at radius 3 is 2.38 bits per heavy atom. The van der Waals surface area contributed by atoms with Gasteiger partial charge in [0.05, 0.1) is 22.3 Å². The van der Waals surface area contributed by atoms with Crippen LogP contribution in [0.4, 0.5) is 10.1 Å². The third-order valence-electron chi connectivity index (χ3n) is 5.41. The maximum Gasteiger partial charge on any atom is 0.265 e. The van der Waals surface area contributed by atoms with E-state index in [1.165, 1.54) is 22.8 Å². The molecule has 1 aromatic heterocycles. The van der Waals surface area contributed by atoms with E-state index in [1.54, 1.807) is 37.3 Å². The van der Waals surface area contributed by atoms with Gasteiger partial charge in [-0.05, 0) is 60.4 Å². The summed E-state index contributed by atoms with van der Waals surface area (Å²) in [7, 11) is 0. The highest BCUT2D eigenvalue weighted by Gasteiger charge is 2.16. The van der Waals surface area contributed by atoms with E-state index in [0.717, 1.165) is 5.56 Å². The molecule has 0 aliphatic heterocycles. The minimum absolute atomic E-state index is 0.00754. The smallest absolute Gasteiger partial charge is 0.265 e. The van der Waals surface area contributed by atoms with Crippen molar-refractivity contribution in [3.63, 3.8) is 0 Å². The molecule has 5 nitrogen and oxygen atoms in total. The van der Waals surface area contributed by atoms with Crippen LogP contribution in [0.2, 0.25) is 0 Å². The average molecular weight is 429 g/mol. The molecule has 3 aromatic carbocycles. The molecule has 0 radical (unpaired) electrons. The van der Waals surface area contributed by atoms with Crippen molar-refractivity contribution in [2.75, 3.05) is 5.32 Å². The van der Waals surface area contributed by atoms with Crippen LogP contribution in [0.3, 0.4) is 0 Å². The van der Waals surface area contributed by atoms with Crippen molar-refractivity contribution < 1.29 is 9.18 Å². The Bertz CT molecular complexity index is 1380. The number of carbonyl (C=O) groups excluding carboxylic acids is 1. The number of benzene rings is 3. The summed E-state index contributed by atoms with van der Waals surface area (Å²) in [6.45, 7) is 7.99. The first-order chi connectivity index (χ1) is 15.1. The van der Waals surface area contributed by atoms with E-state index in [-0.39, 0.29) is 16.7 Å². The number of halogens is 1. The Labute approximate surface area is 185 Å². The molecule has 0 aliphatic carbocycles. The van der Waals surface area contributed by atoms with Crippen LogP contribution in [0.25, 0.3) is 16.6 Å². The number of hydrogen-bond acceptors (Lipinski definition) is 3. The van der Waals surface area contributed by atoms with Gasteiger partial charge in [0.15, 0.2) is 0 Å². The van der Waals surface area contributed by atoms with Gasteiger partial charge >= 0.3 is 0 Å². The summed E-state index contributed by atoms with van der Waals surface area (Å²) in [5.41, 5.74) is 2.24. The van der Waals surface area contributed by atoms with Gasteiger partial charge in [-0.15, -0.1) is 0 Å². The van der Waals surface area contributed by atoms with Crippen LogP contribution in [0, 0.1) is 12.7 Å². The zero-order valence-corrected chi connectivity index (χ0v) is 18.4. The van der Waals surface area contributed by atoms with Gasteiger partial charge in [-0.2, -0.15) is 0 Å². The number of anilines is 1. The van der Waals surface area contributed by atoms with Gasteiger partial charge < -0.3 is 5.32 Å². The molecule has 0 fully saturated rings. The molecule has 0 atom stereocenters. The molecule has 0 bridgehead atoms. The van der Waals surface area contributed by atoms with Crippen LogP contribution in [-0.2, 0) is 5.41 Å². The molecule has 1 amide bonds. The Morgan fingerprint density at radius 2 is 1.69 bits per heavy atom. The fourth-order valence-corrected chi connectivity index (χ4v) is 3.61. The highest BCUT2D eigenvalue weighted by atomic mass is 19.1. The Kier molecular flexibility index (Phi) is 5.38. The fourth-order valence-electron chi connectivity index (χ4n) is 3.61. The summed E-state index contributed by atoms with van der Waals surface area (Å²) in [5.74, 6) is -0.551. The highest BCUT2D eigenvalue weighted by molar-refractivity contribution is 6.04. The molecule has 1 N–H and O–H groups in total. The topological polar surface area (TPSA) is 64.0 Å². The number of fused-ring (bicyclic) bond motifs is 1.